The highest BCUT2D eigenvalue weighted by atomic mass is 19.4. The molecule has 4 fully saturated rings. The van der Waals surface area contributed by atoms with E-state index in [0.717, 1.165) is 51.0 Å². The first-order valence-electron chi connectivity index (χ1n) is 12.7. The van der Waals surface area contributed by atoms with E-state index in [1.54, 1.807) is 6.92 Å². The molecule has 4 aliphatic rings. The van der Waals surface area contributed by atoms with Gasteiger partial charge in [0.05, 0.1) is 11.3 Å². The van der Waals surface area contributed by atoms with Gasteiger partial charge in [0.2, 0.25) is 11.8 Å². The van der Waals surface area contributed by atoms with Crippen LogP contribution in [-0.2, 0) is 15.8 Å². The van der Waals surface area contributed by atoms with Crippen LogP contribution in [0, 0.1) is 41.4 Å². The van der Waals surface area contributed by atoms with Gasteiger partial charge in [0.1, 0.15) is 0 Å². The molecule has 0 bridgehead atoms. The average Bonchev–Trinajstić information content (AvgIpc) is 3.11. The summed E-state index contributed by atoms with van der Waals surface area (Å²) in [5, 5.41) is 5.92. The maximum atomic E-state index is 13.6. The standard InChI is InChI=1S/C27H35F3N2O2/c1-15-4-6-19(27(28,29)30)21(14-15)31-24(34)20-8-7-17-16-5-9-22-26(3,13-11-23(33)32-22)18(16)10-12-25(17,20)2/h4,6,14,16-18,20,22H,5,7-13H2,1-3H3,(H,31,34)(H,32,33)/t16?,17?,18?,20-,22-,25+,26-/m1/s1. The maximum Gasteiger partial charge on any atom is 0.418 e. The number of halogens is 3. The smallest absolute Gasteiger partial charge is 0.353 e. The number of hydrogen-bond acceptors (Lipinski definition) is 2. The van der Waals surface area contributed by atoms with E-state index in [-0.39, 0.29) is 40.3 Å². The molecule has 3 saturated carbocycles. The maximum absolute atomic E-state index is 13.6. The number of hydrogen-bond donors (Lipinski definition) is 2. The van der Waals surface area contributed by atoms with E-state index in [2.05, 4.69) is 24.5 Å². The van der Waals surface area contributed by atoms with Crippen LogP contribution in [0.15, 0.2) is 18.2 Å². The molecular weight excluding hydrogens is 441 g/mol. The van der Waals surface area contributed by atoms with E-state index in [1.807, 2.05) is 0 Å². The van der Waals surface area contributed by atoms with Gasteiger partial charge in [0.15, 0.2) is 0 Å². The zero-order valence-electron chi connectivity index (χ0n) is 20.2. The average molecular weight is 477 g/mol. The lowest BCUT2D eigenvalue weighted by Gasteiger charge is -2.60. The molecule has 2 amide bonds. The fraction of sp³-hybridized carbons (Fsp3) is 0.704. The molecule has 34 heavy (non-hydrogen) atoms. The molecular formula is C27H35F3N2O2. The van der Waals surface area contributed by atoms with Gasteiger partial charge in [-0.05, 0) is 98.1 Å². The Morgan fingerprint density at radius 1 is 1.03 bits per heavy atom. The Balaban J connectivity index is 1.37. The Morgan fingerprint density at radius 3 is 2.50 bits per heavy atom. The normalized spacial score (nSPS) is 39.5. The van der Waals surface area contributed by atoms with Gasteiger partial charge < -0.3 is 10.6 Å². The van der Waals surface area contributed by atoms with Crippen LogP contribution in [0.1, 0.15) is 76.3 Å². The number of piperidine rings is 1. The topological polar surface area (TPSA) is 58.2 Å². The van der Waals surface area contributed by atoms with Gasteiger partial charge in [0, 0.05) is 18.4 Å². The summed E-state index contributed by atoms with van der Waals surface area (Å²) < 4.78 is 40.7. The lowest BCUT2D eigenvalue weighted by atomic mass is 9.47. The second-order valence-electron chi connectivity index (χ2n) is 11.8. The molecule has 1 aromatic rings. The molecule has 1 aromatic carbocycles. The Bertz CT molecular complexity index is 1010. The van der Waals surface area contributed by atoms with Crippen molar-refractivity contribution < 1.29 is 22.8 Å². The number of alkyl halides is 3. The molecule has 7 atom stereocenters. The number of aryl methyl sites for hydroxylation is 1. The Kier molecular flexibility index (Phi) is 5.56. The number of nitrogens with one attached hydrogen (secondary N) is 2. The van der Waals surface area contributed by atoms with Crippen LogP contribution in [0.3, 0.4) is 0 Å². The first kappa shape index (κ1) is 23.7. The van der Waals surface area contributed by atoms with Gasteiger partial charge in [-0.2, -0.15) is 13.2 Å². The van der Waals surface area contributed by atoms with Crippen molar-refractivity contribution in [2.24, 2.45) is 34.5 Å². The minimum absolute atomic E-state index is 0.0989. The fourth-order valence-electron chi connectivity index (χ4n) is 8.36. The third-order valence-electron chi connectivity index (χ3n) is 10.1. The molecule has 0 radical (unpaired) electrons. The van der Waals surface area contributed by atoms with Crippen LogP contribution >= 0.6 is 0 Å². The van der Waals surface area contributed by atoms with Gasteiger partial charge in [-0.3, -0.25) is 9.59 Å². The minimum Gasteiger partial charge on any atom is -0.353 e. The van der Waals surface area contributed by atoms with Crippen LogP contribution in [0.4, 0.5) is 18.9 Å². The molecule has 3 unspecified atom stereocenters. The van der Waals surface area contributed by atoms with Crippen molar-refractivity contribution >= 4 is 17.5 Å². The van der Waals surface area contributed by atoms with E-state index < -0.39 is 11.7 Å². The number of rotatable bonds is 2. The summed E-state index contributed by atoms with van der Waals surface area (Å²) >= 11 is 0. The summed E-state index contributed by atoms with van der Waals surface area (Å²) in [4.78, 5) is 25.4. The van der Waals surface area contributed by atoms with E-state index >= 15 is 0 Å². The van der Waals surface area contributed by atoms with E-state index in [9.17, 15) is 22.8 Å². The number of amides is 2. The van der Waals surface area contributed by atoms with E-state index in [0.29, 0.717) is 29.7 Å². The summed E-state index contributed by atoms with van der Waals surface area (Å²) in [6, 6.07) is 4.14. The Morgan fingerprint density at radius 2 is 1.76 bits per heavy atom. The van der Waals surface area contributed by atoms with Crippen molar-refractivity contribution in [2.75, 3.05) is 5.32 Å². The first-order chi connectivity index (χ1) is 15.9. The molecule has 1 heterocycles. The quantitative estimate of drug-likeness (QED) is 0.543. The zero-order chi connectivity index (χ0) is 24.5. The summed E-state index contributed by atoms with van der Waals surface area (Å²) in [6.07, 6.45) is 2.62. The minimum atomic E-state index is -4.51. The van der Waals surface area contributed by atoms with Crippen molar-refractivity contribution in [1.29, 1.82) is 0 Å². The molecule has 1 saturated heterocycles. The number of benzene rings is 1. The molecule has 7 heteroatoms. The third kappa shape index (κ3) is 3.65. The molecule has 5 rings (SSSR count). The molecule has 186 valence electrons. The summed E-state index contributed by atoms with van der Waals surface area (Å²) in [5.74, 6) is 1.05. The number of carbonyl (C=O) groups excluding carboxylic acids is 2. The highest BCUT2D eigenvalue weighted by Crippen LogP contribution is 2.65. The number of anilines is 1. The number of carbonyl (C=O) groups is 2. The zero-order valence-corrected chi connectivity index (χ0v) is 20.2. The first-order valence-corrected chi connectivity index (χ1v) is 12.7. The fourth-order valence-corrected chi connectivity index (χ4v) is 8.36. The number of fused-ring (bicyclic) bond motifs is 5. The summed E-state index contributed by atoms with van der Waals surface area (Å²) in [6.45, 7) is 6.27. The highest BCUT2D eigenvalue weighted by molar-refractivity contribution is 5.94. The van der Waals surface area contributed by atoms with Gasteiger partial charge in [0.25, 0.3) is 0 Å². The molecule has 2 N–H and O–H groups in total. The van der Waals surface area contributed by atoms with Gasteiger partial charge in [-0.1, -0.05) is 19.9 Å². The van der Waals surface area contributed by atoms with Crippen LogP contribution in [-0.4, -0.2) is 17.9 Å². The van der Waals surface area contributed by atoms with Gasteiger partial charge in [-0.25, -0.2) is 0 Å². The molecule has 1 aliphatic heterocycles. The van der Waals surface area contributed by atoms with Crippen LogP contribution in [0.25, 0.3) is 0 Å². The van der Waals surface area contributed by atoms with Crippen molar-refractivity contribution in [3.63, 3.8) is 0 Å². The van der Waals surface area contributed by atoms with Gasteiger partial charge in [-0.15, -0.1) is 0 Å². The molecule has 0 aromatic heterocycles. The second kappa shape index (κ2) is 7.99. The summed E-state index contributed by atoms with van der Waals surface area (Å²) in [7, 11) is 0. The van der Waals surface area contributed by atoms with Crippen molar-refractivity contribution in [3.8, 4) is 0 Å². The van der Waals surface area contributed by atoms with Crippen molar-refractivity contribution in [3.05, 3.63) is 29.3 Å². The van der Waals surface area contributed by atoms with Crippen molar-refractivity contribution in [2.45, 2.75) is 84.4 Å². The van der Waals surface area contributed by atoms with E-state index in [1.165, 1.54) is 12.1 Å². The predicted molar refractivity (Wildman–Crippen MR) is 124 cm³/mol. The SMILES string of the molecule is Cc1ccc(C(F)(F)F)c(NC(=O)[C@H]2CCC3C4CC[C@H]5NC(=O)CC[C@]5(C)C4CC[C@@]32C)c1. The Labute approximate surface area is 199 Å². The Hall–Kier alpha value is -2.05. The molecule has 4 nitrogen and oxygen atoms in total. The largest absolute Gasteiger partial charge is 0.418 e. The van der Waals surface area contributed by atoms with Crippen molar-refractivity contribution in [1.82, 2.24) is 5.32 Å². The summed E-state index contributed by atoms with van der Waals surface area (Å²) in [5.41, 5.74) is -0.343. The van der Waals surface area contributed by atoms with Crippen LogP contribution < -0.4 is 10.6 Å². The lowest BCUT2D eigenvalue weighted by Crippen LogP contribution is -2.61. The molecule has 0 spiro atoms. The third-order valence-corrected chi connectivity index (χ3v) is 10.1. The van der Waals surface area contributed by atoms with E-state index in [4.69, 9.17) is 0 Å². The molecule has 3 aliphatic carbocycles. The van der Waals surface area contributed by atoms with Crippen LogP contribution in [0.5, 0.6) is 0 Å². The van der Waals surface area contributed by atoms with Gasteiger partial charge >= 0.3 is 6.18 Å². The second-order valence-corrected chi connectivity index (χ2v) is 11.8. The van der Waals surface area contributed by atoms with Crippen LogP contribution in [0.2, 0.25) is 0 Å². The monoisotopic (exact) mass is 476 g/mol. The highest BCUT2D eigenvalue weighted by Gasteiger charge is 2.61. The predicted octanol–water partition coefficient (Wildman–Crippen LogP) is 6.09. The lowest BCUT2D eigenvalue weighted by molar-refractivity contribution is -0.140.